The van der Waals surface area contributed by atoms with Gasteiger partial charge in [-0.05, 0) is 17.7 Å². The van der Waals surface area contributed by atoms with Crippen molar-refractivity contribution >= 4 is 17.1 Å². The quantitative estimate of drug-likeness (QED) is 0.799. The Kier molecular flexibility index (Phi) is 3.71. The van der Waals surface area contributed by atoms with E-state index in [4.69, 9.17) is 0 Å². The van der Waals surface area contributed by atoms with E-state index in [9.17, 15) is 18.0 Å². The predicted octanol–water partition coefficient (Wildman–Crippen LogP) is 3.96. The molecule has 0 aliphatic rings. The fourth-order valence-corrected chi connectivity index (χ4v) is 2.41. The van der Waals surface area contributed by atoms with Crippen LogP contribution in [0.25, 0.3) is 0 Å². The Labute approximate surface area is 111 Å². The molecule has 0 atom stereocenters. The molecule has 1 aromatic heterocycles. The number of carbonyl (C=O) groups excluding carboxylic acids is 1. The maximum Gasteiger partial charge on any atom is 0.416 e. The van der Waals surface area contributed by atoms with Crippen LogP contribution >= 0.6 is 11.3 Å². The molecule has 0 unspecified atom stereocenters. The van der Waals surface area contributed by atoms with E-state index in [1.54, 1.807) is 5.38 Å². The highest BCUT2D eigenvalue weighted by atomic mass is 32.1. The number of alkyl halides is 3. The Balaban J connectivity index is 2.13. The first-order valence-electron chi connectivity index (χ1n) is 5.48. The van der Waals surface area contributed by atoms with Gasteiger partial charge in [-0.3, -0.25) is 4.79 Å². The molecular formula is C13H10F3NOS. The second-order valence-electron chi connectivity index (χ2n) is 4.05. The Hall–Kier alpha value is -1.69. The van der Waals surface area contributed by atoms with Crippen LogP contribution in [0.4, 0.5) is 13.2 Å². The second-order valence-corrected chi connectivity index (χ2v) is 5.00. The number of hydrogen-bond donors (Lipinski definition) is 0. The molecule has 2 aromatic rings. The van der Waals surface area contributed by atoms with Crippen LogP contribution in [0.3, 0.4) is 0 Å². The monoisotopic (exact) mass is 285 g/mol. The molecule has 0 saturated carbocycles. The van der Waals surface area contributed by atoms with E-state index < -0.39 is 11.7 Å². The minimum Gasteiger partial charge on any atom is -0.293 e. The summed E-state index contributed by atoms with van der Waals surface area (Å²) in [7, 11) is 0. The van der Waals surface area contributed by atoms with Crippen molar-refractivity contribution < 1.29 is 18.0 Å². The van der Waals surface area contributed by atoms with Crippen LogP contribution in [0.5, 0.6) is 0 Å². The minimum absolute atomic E-state index is 0.116. The molecular weight excluding hydrogens is 275 g/mol. The molecule has 0 N–H and O–H groups in total. The minimum atomic E-state index is -4.32. The van der Waals surface area contributed by atoms with E-state index in [-0.39, 0.29) is 5.78 Å². The number of thiazole rings is 1. The zero-order valence-corrected chi connectivity index (χ0v) is 10.8. The average Bonchev–Trinajstić information content (AvgIpc) is 2.77. The summed E-state index contributed by atoms with van der Waals surface area (Å²) in [6.45, 7) is 1.43. The number of benzene rings is 1. The summed E-state index contributed by atoms with van der Waals surface area (Å²) in [6.07, 6.45) is -3.89. The Morgan fingerprint density at radius 3 is 2.37 bits per heavy atom. The van der Waals surface area contributed by atoms with Gasteiger partial charge >= 0.3 is 6.18 Å². The van der Waals surface area contributed by atoms with Crippen molar-refractivity contribution in [1.29, 1.82) is 0 Å². The fourth-order valence-electron chi connectivity index (χ4n) is 1.54. The number of nitrogens with zero attached hydrogens (tertiary/aromatic N) is 1. The van der Waals surface area contributed by atoms with Gasteiger partial charge in [-0.2, -0.15) is 13.2 Å². The van der Waals surface area contributed by atoms with Crippen LogP contribution in [-0.2, 0) is 12.6 Å². The predicted molar refractivity (Wildman–Crippen MR) is 66.4 cm³/mol. The van der Waals surface area contributed by atoms with Crippen LogP contribution in [0.2, 0.25) is 0 Å². The zero-order chi connectivity index (χ0) is 14.0. The third-order valence-electron chi connectivity index (χ3n) is 2.55. The highest BCUT2D eigenvalue weighted by Gasteiger charge is 2.29. The number of Topliss-reactive ketones (excluding diaryl/α,β-unsaturated/α-hetero) is 1. The van der Waals surface area contributed by atoms with E-state index in [0.29, 0.717) is 17.1 Å². The van der Waals surface area contributed by atoms with Crippen LogP contribution < -0.4 is 0 Å². The number of rotatable bonds is 3. The van der Waals surface area contributed by atoms with Crippen molar-refractivity contribution in [2.24, 2.45) is 0 Å². The summed E-state index contributed by atoms with van der Waals surface area (Å²) in [4.78, 5) is 15.2. The number of carbonyl (C=O) groups is 1. The van der Waals surface area contributed by atoms with Gasteiger partial charge in [-0.1, -0.05) is 12.1 Å². The van der Waals surface area contributed by atoms with E-state index in [1.807, 2.05) is 0 Å². The summed E-state index contributed by atoms with van der Waals surface area (Å²) in [5, 5.41) is 2.37. The van der Waals surface area contributed by atoms with E-state index in [2.05, 4.69) is 4.98 Å². The number of hydrogen-bond acceptors (Lipinski definition) is 3. The van der Waals surface area contributed by atoms with Gasteiger partial charge in [0.25, 0.3) is 0 Å². The summed E-state index contributed by atoms with van der Waals surface area (Å²) >= 11 is 1.33. The van der Waals surface area contributed by atoms with Crippen molar-refractivity contribution in [1.82, 2.24) is 4.98 Å². The van der Waals surface area contributed by atoms with Crippen LogP contribution in [0.15, 0.2) is 29.6 Å². The van der Waals surface area contributed by atoms with Gasteiger partial charge in [0.05, 0.1) is 10.6 Å². The molecule has 0 spiro atoms. The molecule has 0 saturated heterocycles. The summed E-state index contributed by atoms with van der Waals surface area (Å²) in [5.41, 5.74) is 0.462. The Bertz CT molecular complexity index is 587. The van der Waals surface area contributed by atoms with Gasteiger partial charge in [0.2, 0.25) is 0 Å². The molecule has 1 aromatic carbocycles. The van der Waals surface area contributed by atoms with Gasteiger partial charge in [-0.15, -0.1) is 11.3 Å². The van der Waals surface area contributed by atoms with Crippen LogP contribution in [0, 0.1) is 0 Å². The van der Waals surface area contributed by atoms with Gasteiger partial charge in [0, 0.05) is 18.7 Å². The molecule has 0 aliphatic carbocycles. The van der Waals surface area contributed by atoms with E-state index in [0.717, 1.165) is 17.7 Å². The van der Waals surface area contributed by atoms with Crippen molar-refractivity contribution in [3.63, 3.8) is 0 Å². The smallest absolute Gasteiger partial charge is 0.293 e. The first-order chi connectivity index (χ1) is 8.86. The molecule has 0 amide bonds. The third kappa shape index (κ3) is 3.41. The lowest BCUT2D eigenvalue weighted by Gasteiger charge is -2.06. The van der Waals surface area contributed by atoms with Crippen molar-refractivity contribution in [2.75, 3.05) is 0 Å². The molecule has 0 aliphatic heterocycles. The summed E-state index contributed by atoms with van der Waals surface area (Å²) in [5.74, 6) is -0.116. The summed E-state index contributed by atoms with van der Waals surface area (Å²) in [6, 6.07) is 4.96. The van der Waals surface area contributed by atoms with Gasteiger partial charge in [-0.25, -0.2) is 4.98 Å². The van der Waals surface area contributed by atoms with E-state index >= 15 is 0 Å². The van der Waals surface area contributed by atoms with E-state index in [1.165, 1.54) is 30.4 Å². The number of aromatic nitrogens is 1. The lowest BCUT2D eigenvalue weighted by Crippen LogP contribution is -2.04. The first kappa shape index (κ1) is 13.7. The molecule has 1 heterocycles. The van der Waals surface area contributed by atoms with Crippen molar-refractivity contribution in [3.05, 3.63) is 51.5 Å². The molecule has 6 heteroatoms. The van der Waals surface area contributed by atoms with Crippen molar-refractivity contribution in [2.45, 2.75) is 19.5 Å². The van der Waals surface area contributed by atoms with Gasteiger partial charge in [0.15, 0.2) is 5.78 Å². The van der Waals surface area contributed by atoms with Gasteiger partial charge < -0.3 is 0 Å². The van der Waals surface area contributed by atoms with Crippen LogP contribution in [0.1, 0.15) is 33.5 Å². The maximum absolute atomic E-state index is 12.4. The zero-order valence-electron chi connectivity index (χ0n) is 9.99. The highest BCUT2D eigenvalue weighted by molar-refractivity contribution is 7.09. The third-order valence-corrected chi connectivity index (χ3v) is 3.40. The lowest BCUT2D eigenvalue weighted by molar-refractivity contribution is -0.137. The highest BCUT2D eigenvalue weighted by Crippen LogP contribution is 2.29. The molecule has 2 rings (SSSR count). The second kappa shape index (κ2) is 5.13. The maximum atomic E-state index is 12.4. The summed E-state index contributed by atoms with van der Waals surface area (Å²) < 4.78 is 37.2. The SMILES string of the molecule is CC(=O)c1csc(Cc2ccc(C(F)(F)F)cc2)n1. The normalized spacial score (nSPS) is 11.6. The molecule has 0 radical (unpaired) electrons. The molecule has 2 nitrogen and oxygen atoms in total. The molecule has 0 fully saturated rings. The van der Waals surface area contributed by atoms with Crippen molar-refractivity contribution in [3.8, 4) is 0 Å². The molecule has 19 heavy (non-hydrogen) atoms. The average molecular weight is 285 g/mol. The molecule has 100 valence electrons. The largest absolute Gasteiger partial charge is 0.416 e. The van der Waals surface area contributed by atoms with Gasteiger partial charge in [0.1, 0.15) is 5.69 Å². The Morgan fingerprint density at radius 1 is 1.26 bits per heavy atom. The first-order valence-corrected chi connectivity index (χ1v) is 6.35. The number of ketones is 1. The fraction of sp³-hybridized carbons (Fsp3) is 0.231. The number of halogens is 3. The molecule has 0 bridgehead atoms. The van der Waals surface area contributed by atoms with Crippen LogP contribution in [-0.4, -0.2) is 10.8 Å². The Morgan fingerprint density at radius 2 is 1.89 bits per heavy atom. The topological polar surface area (TPSA) is 30.0 Å². The lowest BCUT2D eigenvalue weighted by atomic mass is 10.1. The standard InChI is InChI=1S/C13H10F3NOS/c1-8(18)11-7-19-12(17-11)6-9-2-4-10(5-3-9)13(14,15)16/h2-5,7H,6H2,1H3.